The molecule has 5 nitrogen and oxygen atoms in total. The van der Waals surface area contributed by atoms with Gasteiger partial charge in [0, 0.05) is 11.8 Å². The van der Waals surface area contributed by atoms with Gasteiger partial charge in [-0.25, -0.2) is 17.5 Å². The van der Waals surface area contributed by atoms with Gasteiger partial charge in [-0.2, -0.15) is 5.10 Å². The molecule has 0 saturated carbocycles. The Bertz CT molecular complexity index is 1040. The number of rotatable bonds is 4. The summed E-state index contributed by atoms with van der Waals surface area (Å²) in [5, 5.41) is 3.44. The second-order valence-electron chi connectivity index (χ2n) is 5.37. The fourth-order valence-electron chi connectivity index (χ4n) is 2.33. The SMILES string of the molecule is CS(=O)(=O)c1ccc(-n2nc(C(=O)Cl)cc2-c2ccc(F)cc2)cc1. The minimum absolute atomic E-state index is 0.0354. The summed E-state index contributed by atoms with van der Waals surface area (Å²) in [6.45, 7) is 0. The van der Waals surface area contributed by atoms with Gasteiger partial charge in [0.1, 0.15) is 11.5 Å². The van der Waals surface area contributed by atoms with Crippen LogP contribution < -0.4 is 0 Å². The van der Waals surface area contributed by atoms with Crippen molar-refractivity contribution in [2.45, 2.75) is 4.90 Å². The molecule has 0 spiro atoms. The van der Waals surface area contributed by atoms with E-state index in [1.165, 1.54) is 35.0 Å². The predicted octanol–water partition coefficient (Wildman–Crippen LogP) is 3.46. The van der Waals surface area contributed by atoms with E-state index in [4.69, 9.17) is 11.6 Å². The summed E-state index contributed by atoms with van der Waals surface area (Å²) in [5.41, 5.74) is 1.73. The molecular weight excluding hydrogens is 367 g/mol. The van der Waals surface area contributed by atoms with Crippen molar-refractivity contribution in [1.82, 2.24) is 9.78 Å². The van der Waals surface area contributed by atoms with Crippen LogP contribution in [0.5, 0.6) is 0 Å². The van der Waals surface area contributed by atoms with Gasteiger partial charge in [0.2, 0.25) is 0 Å². The molecule has 3 rings (SSSR count). The standard InChI is InChI=1S/C17H12ClFN2O3S/c1-25(23,24)14-8-6-13(7-9-14)21-16(10-15(20-21)17(18)22)11-2-4-12(19)5-3-11/h2-10H,1H3. The molecule has 1 aromatic heterocycles. The molecule has 3 aromatic rings. The highest BCUT2D eigenvalue weighted by Gasteiger charge is 2.16. The molecule has 0 aliphatic heterocycles. The van der Waals surface area contributed by atoms with E-state index in [1.54, 1.807) is 24.3 Å². The van der Waals surface area contributed by atoms with Crippen LogP contribution in [0.4, 0.5) is 4.39 Å². The van der Waals surface area contributed by atoms with Gasteiger partial charge in [0.15, 0.2) is 9.84 Å². The van der Waals surface area contributed by atoms with E-state index < -0.39 is 15.1 Å². The Balaban J connectivity index is 2.14. The van der Waals surface area contributed by atoms with Gasteiger partial charge in [-0.1, -0.05) is 0 Å². The lowest BCUT2D eigenvalue weighted by Gasteiger charge is -2.08. The van der Waals surface area contributed by atoms with Crippen molar-refractivity contribution < 1.29 is 17.6 Å². The monoisotopic (exact) mass is 378 g/mol. The quantitative estimate of drug-likeness (QED) is 0.652. The largest absolute Gasteiger partial charge is 0.274 e. The number of carbonyl (C=O) groups is 1. The first kappa shape index (κ1) is 17.3. The van der Waals surface area contributed by atoms with Crippen molar-refractivity contribution >= 4 is 26.7 Å². The fourth-order valence-corrected chi connectivity index (χ4v) is 3.06. The molecule has 0 fully saturated rings. The molecule has 0 saturated heterocycles. The normalized spacial score (nSPS) is 11.5. The summed E-state index contributed by atoms with van der Waals surface area (Å²) in [4.78, 5) is 11.6. The van der Waals surface area contributed by atoms with E-state index in [0.29, 0.717) is 16.9 Å². The number of carbonyl (C=O) groups excluding carboxylic acids is 1. The van der Waals surface area contributed by atoms with Gasteiger partial charge < -0.3 is 0 Å². The van der Waals surface area contributed by atoms with Crippen molar-refractivity contribution in [3.8, 4) is 16.9 Å². The zero-order valence-electron chi connectivity index (χ0n) is 13.0. The summed E-state index contributed by atoms with van der Waals surface area (Å²) in [6.07, 6.45) is 1.12. The van der Waals surface area contributed by atoms with Gasteiger partial charge in [-0.05, 0) is 66.2 Å². The number of aromatic nitrogens is 2. The molecule has 0 atom stereocenters. The number of benzene rings is 2. The Morgan fingerprint density at radius 1 is 1.08 bits per heavy atom. The van der Waals surface area contributed by atoms with Crippen LogP contribution in [0.1, 0.15) is 10.5 Å². The fraction of sp³-hybridized carbons (Fsp3) is 0.0588. The van der Waals surface area contributed by atoms with E-state index in [2.05, 4.69) is 5.10 Å². The van der Waals surface area contributed by atoms with Crippen LogP contribution in [0.3, 0.4) is 0 Å². The van der Waals surface area contributed by atoms with Gasteiger partial charge in [-0.3, -0.25) is 4.79 Å². The zero-order valence-corrected chi connectivity index (χ0v) is 14.6. The topological polar surface area (TPSA) is 69.0 Å². The second kappa shape index (κ2) is 6.42. The van der Waals surface area contributed by atoms with Crippen molar-refractivity contribution in [1.29, 1.82) is 0 Å². The maximum atomic E-state index is 13.2. The van der Waals surface area contributed by atoms with Crippen LogP contribution in [0.25, 0.3) is 16.9 Å². The molecule has 0 unspecified atom stereocenters. The number of sulfone groups is 1. The molecule has 128 valence electrons. The lowest BCUT2D eigenvalue weighted by atomic mass is 10.1. The van der Waals surface area contributed by atoms with Gasteiger partial charge in [0.05, 0.1) is 16.3 Å². The summed E-state index contributed by atoms with van der Waals surface area (Å²) in [7, 11) is -3.32. The first-order valence-electron chi connectivity index (χ1n) is 7.12. The van der Waals surface area contributed by atoms with E-state index >= 15 is 0 Å². The number of hydrogen-bond acceptors (Lipinski definition) is 4. The van der Waals surface area contributed by atoms with Crippen molar-refractivity contribution in [3.63, 3.8) is 0 Å². The lowest BCUT2D eigenvalue weighted by Crippen LogP contribution is -2.02. The van der Waals surface area contributed by atoms with Crippen molar-refractivity contribution in [3.05, 3.63) is 66.1 Å². The third-order valence-corrected chi connectivity index (χ3v) is 4.88. The van der Waals surface area contributed by atoms with Crippen molar-refractivity contribution in [2.75, 3.05) is 6.26 Å². The van der Waals surface area contributed by atoms with E-state index in [1.807, 2.05) is 0 Å². The highest BCUT2D eigenvalue weighted by molar-refractivity contribution is 7.90. The second-order valence-corrected chi connectivity index (χ2v) is 7.73. The summed E-state index contributed by atoms with van der Waals surface area (Å²) >= 11 is 5.52. The number of nitrogens with zero attached hydrogens (tertiary/aromatic N) is 2. The Hall–Kier alpha value is -2.51. The third-order valence-electron chi connectivity index (χ3n) is 3.56. The number of halogens is 2. The maximum Gasteiger partial charge on any atom is 0.272 e. The Kier molecular flexibility index (Phi) is 4.45. The molecule has 1 heterocycles. The summed E-state index contributed by atoms with van der Waals surface area (Å²) < 4.78 is 37.8. The lowest BCUT2D eigenvalue weighted by molar-refractivity contribution is 0.107. The van der Waals surface area contributed by atoms with Crippen LogP contribution in [0.2, 0.25) is 0 Å². The molecule has 0 amide bonds. The van der Waals surface area contributed by atoms with E-state index in [9.17, 15) is 17.6 Å². The molecule has 2 aromatic carbocycles. The first-order valence-corrected chi connectivity index (χ1v) is 9.39. The molecule has 0 aliphatic carbocycles. The Morgan fingerprint density at radius 2 is 1.68 bits per heavy atom. The Labute approximate surface area is 148 Å². The van der Waals surface area contributed by atoms with E-state index in [0.717, 1.165) is 6.26 Å². The third kappa shape index (κ3) is 3.62. The average Bonchev–Trinajstić information content (AvgIpc) is 3.00. The van der Waals surface area contributed by atoms with Crippen LogP contribution in [0.15, 0.2) is 59.5 Å². The average molecular weight is 379 g/mol. The van der Waals surface area contributed by atoms with Gasteiger partial charge in [0.25, 0.3) is 5.24 Å². The molecule has 0 radical (unpaired) electrons. The highest BCUT2D eigenvalue weighted by atomic mass is 35.5. The van der Waals surface area contributed by atoms with E-state index in [-0.39, 0.29) is 16.4 Å². The summed E-state index contributed by atoms with van der Waals surface area (Å²) in [5.74, 6) is -0.388. The smallest absolute Gasteiger partial charge is 0.272 e. The summed E-state index contributed by atoms with van der Waals surface area (Å²) in [6, 6.07) is 13.2. The number of hydrogen-bond donors (Lipinski definition) is 0. The van der Waals surface area contributed by atoms with Crippen LogP contribution in [-0.2, 0) is 9.84 Å². The Morgan fingerprint density at radius 3 is 2.20 bits per heavy atom. The van der Waals surface area contributed by atoms with Crippen LogP contribution in [-0.4, -0.2) is 29.7 Å². The molecule has 25 heavy (non-hydrogen) atoms. The molecule has 0 aliphatic rings. The maximum absolute atomic E-state index is 13.2. The predicted molar refractivity (Wildman–Crippen MR) is 92.3 cm³/mol. The van der Waals surface area contributed by atoms with Gasteiger partial charge >= 0.3 is 0 Å². The minimum atomic E-state index is -3.32. The first-order chi connectivity index (χ1) is 11.8. The van der Waals surface area contributed by atoms with Gasteiger partial charge in [-0.15, -0.1) is 0 Å². The van der Waals surface area contributed by atoms with Crippen LogP contribution in [0, 0.1) is 5.82 Å². The molecule has 0 N–H and O–H groups in total. The molecule has 8 heteroatoms. The zero-order chi connectivity index (χ0) is 18.2. The molecular formula is C17H12ClFN2O3S. The molecule has 0 bridgehead atoms. The highest BCUT2D eigenvalue weighted by Crippen LogP contribution is 2.25. The van der Waals surface area contributed by atoms with Crippen molar-refractivity contribution in [2.24, 2.45) is 0 Å². The minimum Gasteiger partial charge on any atom is -0.274 e. The van der Waals surface area contributed by atoms with Crippen LogP contribution >= 0.6 is 11.6 Å².